The van der Waals surface area contributed by atoms with Crippen molar-refractivity contribution in [2.75, 3.05) is 6.61 Å². The summed E-state index contributed by atoms with van der Waals surface area (Å²) in [6.07, 6.45) is 4.58. The zero-order valence-corrected chi connectivity index (χ0v) is 12.1. The lowest BCUT2D eigenvalue weighted by Gasteiger charge is -2.11. The van der Waals surface area contributed by atoms with Crippen LogP contribution in [0.2, 0.25) is 0 Å². The fourth-order valence-corrected chi connectivity index (χ4v) is 1.93. The summed E-state index contributed by atoms with van der Waals surface area (Å²) in [5.74, 6) is 0.697. The van der Waals surface area contributed by atoms with Crippen LogP contribution in [0.1, 0.15) is 38.2 Å². The highest BCUT2D eigenvalue weighted by molar-refractivity contribution is 9.10. The van der Waals surface area contributed by atoms with Crippen LogP contribution in [0.3, 0.4) is 0 Å². The molecule has 0 aliphatic rings. The van der Waals surface area contributed by atoms with E-state index in [0.29, 0.717) is 17.9 Å². The fraction of sp³-hybridized carbons (Fsp3) is 0.462. The van der Waals surface area contributed by atoms with Crippen LogP contribution in [0.25, 0.3) is 0 Å². The first-order valence-corrected chi connectivity index (χ1v) is 6.88. The lowest BCUT2D eigenvalue weighted by Crippen LogP contribution is -2.15. The molecule has 0 saturated heterocycles. The van der Waals surface area contributed by atoms with Gasteiger partial charge in [-0.3, -0.25) is 0 Å². The van der Waals surface area contributed by atoms with Crippen LogP contribution in [0.4, 0.5) is 0 Å². The maximum Gasteiger partial charge on any atom is 0.173 e. The topological polar surface area (TPSA) is 67.8 Å². The lowest BCUT2D eigenvalue weighted by molar-refractivity contribution is 0.302. The fourth-order valence-electron chi connectivity index (χ4n) is 1.59. The van der Waals surface area contributed by atoms with Crippen LogP contribution >= 0.6 is 15.9 Å². The Morgan fingerprint density at radius 1 is 1.39 bits per heavy atom. The second-order valence-electron chi connectivity index (χ2n) is 4.03. The lowest BCUT2D eigenvalue weighted by atomic mass is 10.2. The second-order valence-corrected chi connectivity index (χ2v) is 4.95. The van der Waals surface area contributed by atoms with Crippen LogP contribution in [-0.4, -0.2) is 17.6 Å². The van der Waals surface area contributed by atoms with Crippen LogP contribution in [0.5, 0.6) is 5.75 Å². The quantitative estimate of drug-likeness (QED) is 0.266. The number of benzene rings is 1. The Kier molecular flexibility index (Phi) is 6.57. The number of amidine groups is 1. The van der Waals surface area contributed by atoms with E-state index in [2.05, 4.69) is 28.0 Å². The van der Waals surface area contributed by atoms with Gasteiger partial charge in [-0.1, -0.05) is 47.3 Å². The Hall–Kier alpha value is -1.23. The number of unbranched alkanes of at least 4 members (excludes halogenated alkanes) is 3. The van der Waals surface area contributed by atoms with E-state index in [0.717, 1.165) is 17.3 Å². The van der Waals surface area contributed by atoms with Crippen molar-refractivity contribution >= 4 is 21.8 Å². The summed E-state index contributed by atoms with van der Waals surface area (Å²) < 4.78 is 6.59. The molecule has 0 radical (unpaired) electrons. The normalized spacial score (nSPS) is 11.6. The minimum Gasteiger partial charge on any atom is -0.493 e. The maximum atomic E-state index is 8.72. The molecule has 0 spiro atoms. The molecule has 0 heterocycles. The maximum absolute atomic E-state index is 8.72. The highest BCUT2D eigenvalue weighted by Crippen LogP contribution is 2.24. The van der Waals surface area contributed by atoms with Gasteiger partial charge in [0.25, 0.3) is 0 Å². The van der Waals surface area contributed by atoms with Crippen molar-refractivity contribution in [3.63, 3.8) is 0 Å². The zero-order valence-electron chi connectivity index (χ0n) is 10.5. The molecule has 0 amide bonds. The Bertz CT molecular complexity index is 408. The minimum absolute atomic E-state index is 0.0612. The highest BCUT2D eigenvalue weighted by atomic mass is 79.9. The van der Waals surface area contributed by atoms with Crippen molar-refractivity contribution in [1.29, 1.82) is 0 Å². The van der Waals surface area contributed by atoms with Crippen LogP contribution in [0, 0.1) is 0 Å². The predicted octanol–water partition coefficient (Wildman–Crippen LogP) is 3.50. The summed E-state index contributed by atoms with van der Waals surface area (Å²) in [5, 5.41) is 11.7. The van der Waals surface area contributed by atoms with Gasteiger partial charge < -0.3 is 15.7 Å². The van der Waals surface area contributed by atoms with Gasteiger partial charge in [-0.05, 0) is 24.6 Å². The summed E-state index contributed by atoms with van der Waals surface area (Å²) in [5.41, 5.74) is 6.21. The van der Waals surface area contributed by atoms with Gasteiger partial charge in [0.15, 0.2) is 5.84 Å². The SMILES string of the molecule is CCCCCCOc1cc(Br)ccc1/C(N)=N/O. The van der Waals surface area contributed by atoms with Crippen molar-refractivity contribution in [1.82, 2.24) is 0 Å². The van der Waals surface area contributed by atoms with Gasteiger partial charge >= 0.3 is 0 Å². The number of oxime groups is 1. The average Bonchev–Trinajstić information content (AvgIpc) is 2.38. The molecule has 18 heavy (non-hydrogen) atoms. The molecule has 0 aromatic heterocycles. The van der Waals surface area contributed by atoms with Gasteiger partial charge in [0.05, 0.1) is 12.2 Å². The van der Waals surface area contributed by atoms with Crippen LogP contribution in [0.15, 0.2) is 27.8 Å². The minimum atomic E-state index is 0.0612. The smallest absolute Gasteiger partial charge is 0.173 e. The predicted molar refractivity (Wildman–Crippen MR) is 76.3 cm³/mol. The Labute approximate surface area is 116 Å². The molecular formula is C13H19BrN2O2. The van der Waals surface area contributed by atoms with Crippen molar-refractivity contribution in [3.8, 4) is 5.75 Å². The van der Waals surface area contributed by atoms with Crippen molar-refractivity contribution in [2.45, 2.75) is 32.6 Å². The number of nitrogens with two attached hydrogens (primary N) is 1. The molecule has 0 saturated carbocycles. The van der Waals surface area contributed by atoms with Gasteiger partial charge in [-0.25, -0.2) is 0 Å². The summed E-state index contributed by atoms with van der Waals surface area (Å²) in [6.45, 7) is 2.81. The summed E-state index contributed by atoms with van der Waals surface area (Å²) in [6, 6.07) is 5.42. The van der Waals surface area contributed by atoms with Gasteiger partial charge in [-0.2, -0.15) is 0 Å². The van der Waals surface area contributed by atoms with E-state index < -0.39 is 0 Å². The molecule has 100 valence electrons. The van der Waals surface area contributed by atoms with Crippen LogP contribution in [-0.2, 0) is 0 Å². The first-order chi connectivity index (χ1) is 8.69. The molecule has 5 heteroatoms. The largest absolute Gasteiger partial charge is 0.493 e. The molecular weight excluding hydrogens is 296 g/mol. The van der Waals surface area contributed by atoms with Crippen molar-refractivity contribution in [2.24, 2.45) is 10.9 Å². The third-order valence-corrected chi connectivity index (χ3v) is 3.08. The van der Waals surface area contributed by atoms with E-state index in [1.807, 2.05) is 12.1 Å². The molecule has 0 fully saturated rings. The standard InChI is InChI=1S/C13H19BrN2O2/c1-2-3-4-5-8-18-12-9-10(14)6-7-11(12)13(15)16-17/h6-7,9,17H,2-5,8H2,1H3,(H2,15,16). The average molecular weight is 315 g/mol. The van der Waals surface area contributed by atoms with E-state index in [1.54, 1.807) is 6.07 Å². The number of hydrogen-bond acceptors (Lipinski definition) is 3. The number of ether oxygens (including phenoxy) is 1. The van der Waals surface area contributed by atoms with Crippen molar-refractivity contribution in [3.05, 3.63) is 28.2 Å². The van der Waals surface area contributed by atoms with E-state index >= 15 is 0 Å². The number of rotatable bonds is 7. The molecule has 1 aromatic rings. The molecule has 0 unspecified atom stereocenters. The molecule has 0 bridgehead atoms. The second kappa shape index (κ2) is 7.97. The van der Waals surface area contributed by atoms with E-state index in [9.17, 15) is 0 Å². The molecule has 0 atom stereocenters. The van der Waals surface area contributed by atoms with E-state index in [-0.39, 0.29) is 5.84 Å². The number of hydrogen-bond donors (Lipinski definition) is 2. The van der Waals surface area contributed by atoms with E-state index in [4.69, 9.17) is 15.7 Å². The Balaban J connectivity index is 2.65. The third kappa shape index (κ3) is 4.56. The molecule has 1 aromatic carbocycles. The van der Waals surface area contributed by atoms with Gasteiger partial charge in [0.2, 0.25) is 0 Å². The van der Waals surface area contributed by atoms with Crippen molar-refractivity contribution < 1.29 is 9.94 Å². The molecule has 0 aliphatic heterocycles. The van der Waals surface area contributed by atoms with Crippen LogP contribution < -0.4 is 10.5 Å². The first kappa shape index (κ1) is 14.8. The zero-order chi connectivity index (χ0) is 13.4. The summed E-state index contributed by atoms with van der Waals surface area (Å²) >= 11 is 3.38. The molecule has 1 rings (SSSR count). The van der Waals surface area contributed by atoms with E-state index in [1.165, 1.54) is 12.8 Å². The van der Waals surface area contributed by atoms with Gasteiger partial charge in [0, 0.05) is 4.47 Å². The molecule has 0 aliphatic carbocycles. The Morgan fingerprint density at radius 3 is 2.83 bits per heavy atom. The highest BCUT2D eigenvalue weighted by Gasteiger charge is 2.08. The van der Waals surface area contributed by atoms with Gasteiger partial charge in [0.1, 0.15) is 5.75 Å². The molecule has 4 nitrogen and oxygen atoms in total. The number of nitrogens with zero attached hydrogens (tertiary/aromatic N) is 1. The monoisotopic (exact) mass is 314 g/mol. The summed E-state index contributed by atoms with van der Waals surface area (Å²) in [4.78, 5) is 0. The van der Waals surface area contributed by atoms with Gasteiger partial charge in [-0.15, -0.1) is 0 Å². The third-order valence-electron chi connectivity index (χ3n) is 2.58. The molecule has 3 N–H and O–H groups in total. The number of halogens is 1. The summed E-state index contributed by atoms with van der Waals surface area (Å²) in [7, 11) is 0. The Morgan fingerprint density at radius 2 is 2.17 bits per heavy atom. The first-order valence-electron chi connectivity index (χ1n) is 6.09.